The molecule has 24 heavy (non-hydrogen) atoms. The second-order valence-corrected chi connectivity index (χ2v) is 8.09. The molecule has 0 bridgehead atoms. The van der Waals surface area contributed by atoms with Crippen LogP contribution in [0.2, 0.25) is 0 Å². The SMILES string of the molecule is C[C@@H]1C[C@@H]1c1ccc(CCC(=O)N2CCN(CC(C)(C)O)CC2)o1. The van der Waals surface area contributed by atoms with Crippen LogP contribution in [0.25, 0.3) is 0 Å². The molecule has 5 nitrogen and oxygen atoms in total. The smallest absolute Gasteiger partial charge is 0.223 e. The van der Waals surface area contributed by atoms with Gasteiger partial charge in [0.15, 0.2) is 0 Å². The van der Waals surface area contributed by atoms with Crippen LogP contribution < -0.4 is 0 Å². The minimum atomic E-state index is -0.678. The van der Waals surface area contributed by atoms with Crippen LogP contribution in [0.1, 0.15) is 51.1 Å². The van der Waals surface area contributed by atoms with E-state index in [1.807, 2.05) is 24.8 Å². The maximum absolute atomic E-state index is 12.4. The molecular formula is C19H30N2O3. The number of nitrogens with zero attached hydrogens (tertiary/aromatic N) is 2. The standard InChI is InChI=1S/C19H30N2O3/c1-14-12-16(14)17-6-4-15(24-17)5-7-18(22)21-10-8-20(9-11-21)13-19(2,3)23/h4,6,14,16,23H,5,7-13H2,1-3H3/t14-,16+/m1/s1. The van der Waals surface area contributed by atoms with E-state index in [0.717, 1.165) is 43.6 Å². The summed E-state index contributed by atoms with van der Waals surface area (Å²) in [6.45, 7) is 9.71. The molecule has 1 aliphatic heterocycles. The minimum Gasteiger partial charge on any atom is -0.466 e. The van der Waals surface area contributed by atoms with E-state index >= 15 is 0 Å². The Morgan fingerprint density at radius 2 is 1.96 bits per heavy atom. The fourth-order valence-electron chi connectivity index (χ4n) is 3.54. The highest BCUT2D eigenvalue weighted by atomic mass is 16.3. The van der Waals surface area contributed by atoms with Gasteiger partial charge in [-0.1, -0.05) is 6.92 Å². The Balaban J connectivity index is 1.40. The van der Waals surface area contributed by atoms with Crippen LogP contribution in [0.4, 0.5) is 0 Å². The first-order valence-corrected chi connectivity index (χ1v) is 9.13. The summed E-state index contributed by atoms with van der Waals surface area (Å²) in [6, 6.07) is 4.10. The van der Waals surface area contributed by atoms with Crippen molar-refractivity contribution in [3.8, 4) is 0 Å². The maximum atomic E-state index is 12.4. The van der Waals surface area contributed by atoms with Gasteiger partial charge in [-0.2, -0.15) is 0 Å². The summed E-state index contributed by atoms with van der Waals surface area (Å²) < 4.78 is 5.88. The van der Waals surface area contributed by atoms with Crippen LogP contribution in [-0.2, 0) is 11.2 Å². The number of hydrogen-bond donors (Lipinski definition) is 1. The summed E-state index contributed by atoms with van der Waals surface area (Å²) in [5.41, 5.74) is -0.678. The molecule has 1 saturated carbocycles. The molecule has 2 fully saturated rings. The summed E-state index contributed by atoms with van der Waals surface area (Å²) in [4.78, 5) is 16.5. The number of carbonyl (C=O) groups excluding carboxylic acids is 1. The van der Waals surface area contributed by atoms with Crippen molar-refractivity contribution in [2.24, 2.45) is 5.92 Å². The molecule has 1 aromatic heterocycles. The minimum absolute atomic E-state index is 0.204. The van der Waals surface area contributed by atoms with Gasteiger partial charge in [0.1, 0.15) is 11.5 Å². The van der Waals surface area contributed by atoms with Crippen molar-refractivity contribution in [2.75, 3.05) is 32.7 Å². The Hall–Kier alpha value is -1.33. The molecule has 0 aromatic carbocycles. The highest BCUT2D eigenvalue weighted by Gasteiger charge is 2.36. The summed E-state index contributed by atoms with van der Waals surface area (Å²) in [6.07, 6.45) is 2.42. The number of β-amino-alcohol motifs (C(OH)–C–C–N with tert-alkyl or cyclic N) is 1. The van der Waals surface area contributed by atoms with E-state index in [2.05, 4.69) is 17.9 Å². The molecule has 1 saturated heterocycles. The first kappa shape index (κ1) is 17.5. The lowest BCUT2D eigenvalue weighted by Gasteiger charge is -2.37. The Labute approximate surface area is 144 Å². The predicted molar refractivity (Wildman–Crippen MR) is 92.9 cm³/mol. The van der Waals surface area contributed by atoms with Crippen molar-refractivity contribution in [2.45, 2.75) is 51.6 Å². The summed E-state index contributed by atoms with van der Waals surface area (Å²) >= 11 is 0. The van der Waals surface area contributed by atoms with E-state index in [4.69, 9.17) is 4.42 Å². The van der Waals surface area contributed by atoms with Gasteiger partial charge >= 0.3 is 0 Å². The fraction of sp³-hybridized carbons (Fsp3) is 0.737. The van der Waals surface area contributed by atoms with Crippen molar-refractivity contribution in [1.29, 1.82) is 0 Å². The van der Waals surface area contributed by atoms with Gasteiger partial charge in [0.25, 0.3) is 0 Å². The number of aryl methyl sites for hydroxylation is 1. The fourth-order valence-corrected chi connectivity index (χ4v) is 3.54. The molecule has 1 aromatic rings. The number of aliphatic hydroxyl groups is 1. The van der Waals surface area contributed by atoms with Crippen LogP contribution in [0.15, 0.2) is 16.5 Å². The van der Waals surface area contributed by atoms with Crippen LogP contribution in [0.3, 0.4) is 0 Å². The largest absolute Gasteiger partial charge is 0.466 e. The number of rotatable bonds is 6. The third-order valence-corrected chi connectivity index (χ3v) is 5.08. The number of carbonyl (C=O) groups is 1. The lowest BCUT2D eigenvalue weighted by molar-refractivity contribution is -0.133. The number of amides is 1. The van der Waals surface area contributed by atoms with E-state index in [0.29, 0.717) is 25.3 Å². The second-order valence-electron chi connectivity index (χ2n) is 8.09. The molecule has 1 amide bonds. The lowest BCUT2D eigenvalue weighted by atomic mass is 10.1. The van der Waals surface area contributed by atoms with Gasteiger partial charge in [-0.3, -0.25) is 9.69 Å². The Morgan fingerprint density at radius 1 is 1.29 bits per heavy atom. The summed E-state index contributed by atoms with van der Waals surface area (Å²) in [7, 11) is 0. The molecule has 3 rings (SSSR count). The quantitative estimate of drug-likeness (QED) is 0.867. The van der Waals surface area contributed by atoms with Gasteiger partial charge in [-0.15, -0.1) is 0 Å². The third-order valence-electron chi connectivity index (χ3n) is 5.08. The Bertz CT molecular complexity index is 567. The lowest BCUT2D eigenvalue weighted by Crippen LogP contribution is -2.52. The highest BCUT2D eigenvalue weighted by Crippen LogP contribution is 2.47. The molecule has 0 radical (unpaired) electrons. The van der Waals surface area contributed by atoms with Crippen molar-refractivity contribution < 1.29 is 14.3 Å². The summed E-state index contributed by atoms with van der Waals surface area (Å²) in [5, 5.41) is 9.88. The average Bonchev–Trinajstić information content (AvgIpc) is 3.06. The average molecular weight is 334 g/mol. The first-order valence-electron chi connectivity index (χ1n) is 9.13. The van der Waals surface area contributed by atoms with Gasteiger partial charge in [0, 0.05) is 51.5 Å². The molecule has 5 heteroatoms. The molecule has 134 valence electrons. The first-order chi connectivity index (χ1) is 11.3. The van der Waals surface area contributed by atoms with Gasteiger partial charge in [-0.05, 0) is 38.3 Å². The van der Waals surface area contributed by atoms with Gasteiger partial charge in [0.2, 0.25) is 5.91 Å². The molecular weight excluding hydrogens is 304 g/mol. The van der Waals surface area contributed by atoms with E-state index < -0.39 is 5.60 Å². The Morgan fingerprint density at radius 3 is 2.54 bits per heavy atom. The normalized spacial score (nSPS) is 25.1. The van der Waals surface area contributed by atoms with E-state index in [-0.39, 0.29) is 5.91 Å². The zero-order valence-corrected chi connectivity index (χ0v) is 15.1. The van der Waals surface area contributed by atoms with Crippen molar-refractivity contribution >= 4 is 5.91 Å². The summed E-state index contributed by atoms with van der Waals surface area (Å²) in [5.74, 6) is 3.56. The molecule has 2 heterocycles. The zero-order chi connectivity index (χ0) is 17.3. The van der Waals surface area contributed by atoms with E-state index in [1.54, 1.807) is 0 Å². The maximum Gasteiger partial charge on any atom is 0.223 e. The molecule has 1 N–H and O–H groups in total. The van der Waals surface area contributed by atoms with Crippen LogP contribution in [0, 0.1) is 5.92 Å². The van der Waals surface area contributed by atoms with Crippen LogP contribution >= 0.6 is 0 Å². The molecule has 2 atom stereocenters. The van der Waals surface area contributed by atoms with Crippen LogP contribution in [-0.4, -0.2) is 59.1 Å². The molecule has 2 aliphatic rings. The number of piperazine rings is 1. The molecule has 0 unspecified atom stereocenters. The molecule has 1 aliphatic carbocycles. The number of hydrogen-bond acceptors (Lipinski definition) is 4. The third kappa shape index (κ3) is 4.61. The monoisotopic (exact) mass is 334 g/mol. The van der Waals surface area contributed by atoms with Crippen LogP contribution in [0.5, 0.6) is 0 Å². The van der Waals surface area contributed by atoms with Gasteiger partial charge in [0.05, 0.1) is 5.60 Å². The van der Waals surface area contributed by atoms with E-state index in [1.165, 1.54) is 6.42 Å². The van der Waals surface area contributed by atoms with Crippen molar-refractivity contribution in [3.63, 3.8) is 0 Å². The zero-order valence-electron chi connectivity index (χ0n) is 15.1. The second kappa shape index (κ2) is 6.89. The van der Waals surface area contributed by atoms with Gasteiger partial charge in [-0.25, -0.2) is 0 Å². The number of furan rings is 1. The Kier molecular flexibility index (Phi) is 5.02. The van der Waals surface area contributed by atoms with Crippen molar-refractivity contribution in [3.05, 3.63) is 23.7 Å². The molecule has 0 spiro atoms. The predicted octanol–water partition coefficient (Wildman–Crippen LogP) is 2.25. The van der Waals surface area contributed by atoms with Gasteiger partial charge < -0.3 is 14.4 Å². The van der Waals surface area contributed by atoms with E-state index in [9.17, 15) is 9.90 Å². The topological polar surface area (TPSA) is 56.9 Å². The van der Waals surface area contributed by atoms with Crippen molar-refractivity contribution in [1.82, 2.24) is 9.80 Å². The highest BCUT2D eigenvalue weighted by molar-refractivity contribution is 5.76.